The van der Waals surface area contributed by atoms with E-state index < -0.39 is 0 Å². The fraction of sp³-hybridized carbons (Fsp3) is 0.357. The van der Waals surface area contributed by atoms with Gasteiger partial charge in [-0.2, -0.15) is 0 Å². The Morgan fingerprint density at radius 3 is 2.95 bits per heavy atom. The Labute approximate surface area is 120 Å². The van der Waals surface area contributed by atoms with E-state index >= 15 is 0 Å². The summed E-state index contributed by atoms with van der Waals surface area (Å²) in [5.41, 5.74) is 2.23. The van der Waals surface area contributed by atoms with Gasteiger partial charge in [0.15, 0.2) is 0 Å². The van der Waals surface area contributed by atoms with Crippen molar-refractivity contribution in [2.45, 2.75) is 32.2 Å². The zero-order valence-electron chi connectivity index (χ0n) is 10.7. The van der Waals surface area contributed by atoms with Gasteiger partial charge >= 0.3 is 0 Å². The molecular formula is C14H15BrN4. The molecule has 0 radical (unpaired) electrons. The minimum Gasteiger partial charge on any atom is -0.364 e. The van der Waals surface area contributed by atoms with E-state index in [9.17, 15) is 0 Å². The zero-order valence-corrected chi connectivity index (χ0v) is 12.3. The average molecular weight is 319 g/mol. The fourth-order valence-electron chi connectivity index (χ4n) is 1.93. The predicted octanol–water partition coefficient (Wildman–Crippen LogP) is 3.43. The van der Waals surface area contributed by atoms with E-state index in [4.69, 9.17) is 0 Å². The Hall–Kier alpha value is -1.49. The number of halogens is 1. The van der Waals surface area contributed by atoms with E-state index in [1.54, 1.807) is 0 Å². The maximum Gasteiger partial charge on any atom is 0.135 e. The second-order valence-corrected chi connectivity index (χ2v) is 5.64. The first-order valence-electron chi connectivity index (χ1n) is 6.41. The van der Waals surface area contributed by atoms with Crippen molar-refractivity contribution in [3.05, 3.63) is 46.1 Å². The van der Waals surface area contributed by atoms with Crippen LogP contribution in [0.1, 0.15) is 35.8 Å². The second-order valence-electron chi connectivity index (χ2n) is 4.83. The third-order valence-electron chi connectivity index (χ3n) is 3.21. The number of hydrogen-bond acceptors (Lipinski definition) is 4. The first kappa shape index (κ1) is 12.5. The fourth-order valence-corrected chi connectivity index (χ4v) is 2.33. The molecule has 2 aromatic heterocycles. The van der Waals surface area contributed by atoms with Gasteiger partial charge in [-0.1, -0.05) is 6.07 Å². The van der Waals surface area contributed by atoms with Gasteiger partial charge in [-0.3, -0.25) is 4.98 Å². The maximum atomic E-state index is 4.56. The number of nitrogens with zero attached hydrogens (tertiary/aromatic N) is 3. The molecule has 0 amide bonds. The van der Waals surface area contributed by atoms with Crippen LogP contribution < -0.4 is 5.32 Å². The van der Waals surface area contributed by atoms with E-state index in [2.05, 4.69) is 49.2 Å². The maximum absolute atomic E-state index is 4.56. The predicted molar refractivity (Wildman–Crippen MR) is 78.0 cm³/mol. The Morgan fingerprint density at radius 2 is 2.21 bits per heavy atom. The summed E-state index contributed by atoms with van der Waals surface area (Å²) >= 11 is 3.44. The molecule has 1 aliphatic rings. The summed E-state index contributed by atoms with van der Waals surface area (Å²) in [7, 11) is 0. The number of anilines is 1. The molecule has 19 heavy (non-hydrogen) atoms. The van der Waals surface area contributed by atoms with Gasteiger partial charge in [-0.15, -0.1) is 0 Å². The SMILES string of the molecule is Cc1cccnc1CNc1cc(Br)nc(C2CC2)n1. The lowest BCUT2D eigenvalue weighted by atomic mass is 10.2. The van der Waals surface area contributed by atoms with Crippen LogP contribution in [0, 0.1) is 6.92 Å². The van der Waals surface area contributed by atoms with E-state index in [1.807, 2.05) is 18.3 Å². The number of pyridine rings is 1. The number of nitrogens with one attached hydrogen (secondary N) is 1. The van der Waals surface area contributed by atoms with Crippen molar-refractivity contribution < 1.29 is 0 Å². The summed E-state index contributed by atoms with van der Waals surface area (Å²) in [5, 5.41) is 3.32. The molecule has 0 unspecified atom stereocenters. The zero-order chi connectivity index (χ0) is 13.2. The summed E-state index contributed by atoms with van der Waals surface area (Å²) in [6, 6.07) is 5.92. The van der Waals surface area contributed by atoms with Crippen molar-refractivity contribution in [2.24, 2.45) is 0 Å². The van der Waals surface area contributed by atoms with Gasteiger partial charge in [0.25, 0.3) is 0 Å². The molecule has 0 bridgehead atoms. The van der Waals surface area contributed by atoms with E-state index in [1.165, 1.54) is 18.4 Å². The van der Waals surface area contributed by atoms with Crippen molar-refractivity contribution in [1.29, 1.82) is 0 Å². The molecule has 0 atom stereocenters. The van der Waals surface area contributed by atoms with Gasteiger partial charge in [-0.05, 0) is 47.3 Å². The van der Waals surface area contributed by atoms with Crippen LogP contribution in [0.15, 0.2) is 29.0 Å². The highest BCUT2D eigenvalue weighted by atomic mass is 79.9. The van der Waals surface area contributed by atoms with Gasteiger partial charge in [-0.25, -0.2) is 9.97 Å². The van der Waals surface area contributed by atoms with Gasteiger partial charge in [0.1, 0.15) is 16.2 Å². The average Bonchev–Trinajstić information content (AvgIpc) is 3.21. The van der Waals surface area contributed by atoms with Crippen LogP contribution in [0.3, 0.4) is 0 Å². The standard InChI is InChI=1S/C14H15BrN4/c1-9-3-2-6-16-11(9)8-17-13-7-12(15)18-14(19-13)10-4-5-10/h2-3,6-7,10H,4-5,8H2,1H3,(H,17,18,19). The highest BCUT2D eigenvalue weighted by Crippen LogP contribution is 2.38. The van der Waals surface area contributed by atoms with Crippen LogP contribution >= 0.6 is 15.9 Å². The summed E-state index contributed by atoms with van der Waals surface area (Å²) in [5.74, 6) is 2.35. The molecule has 0 spiro atoms. The molecule has 1 N–H and O–H groups in total. The molecule has 0 aliphatic heterocycles. The van der Waals surface area contributed by atoms with Crippen LogP contribution in [-0.2, 0) is 6.54 Å². The number of aryl methyl sites for hydroxylation is 1. The molecule has 2 aromatic rings. The molecule has 4 nitrogen and oxygen atoms in total. The van der Waals surface area contributed by atoms with E-state index in [0.717, 1.165) is 21.9 Å². The number of hydrogen-bond donors (Lipinski definition) is 1. The summed E-state index contributed by atoms with van der Waals surface area (Å²) in [4.78, 5) is 13.3. The molecule has 5 heteroatoms. The van der Waals surface area contributed by atoms with Crippen LogP contribution in [-0.4, -0.2) is 15.0 Å². The topological polar surface area (TPSA) is 50.7 Å². The highest BCUT2D eigenvalue weighted by molar-refractivity contribution is 9.10. The van der Waals surface area contributed by atoms with Crippen LogP contribution in [0.25, 0.3) is 0 Å². The molecule has 98 valence electrons. The van der Waals surface area contributed by atoms with Crippen molar-refractivity contribution in [1.82, 2.24) is 15.0 Å². The molecule has 3 rings (SSSR count). The molecule has 0 saturated heterocycles. The van der Waals surface area contributed by atoms with Crippen LogP contribution in [0.4, 0.5) is 5.82 Å². The van der Waals surface area contributed by atoms with Gasteiger partial charge in [0.2, 0.25) is 0 Å². The lowest BCUT2D eigenvalue weighted by molar-refractivity contribution is 0.905. The minimum atomic E-state index is 0.551. The first-order chi connectivity index (χ1) is 9.22. The monoisotopic (exact) mass is 318 g/mol. The van der Waals surface area contributed by atoms with Crippen LogP contribution in [0.5, 0.6) is 0 Å². The quantitative estimate of drug-likeness (QED) is 0.877. The van der Waals surface area contributed by atoms with Crippen molar-refractivity contribution in [3.63, 3.8) is 0 Å². The summed E-state index contributed by atoms with van der Waals surface area (Å²) in [6.45, 7) is 2.75. The van der Waals surface area contributed by atoms with E-state index in [-0.39, 0.29) is 0 Å². The van der Waals surface area contributed by atoms with Crippen LogP contribution in [0.2, 0.25) is 0 Å². The molecule has 0 aromatic carbocycles. The second kappa shape index (κ2) is 5.25. The van der Waals surface area contributed by atoms with Crippen molar-refractivity contribution >= 4 is 21.7 Å². The number of rotatable bonds is 4. The molecule has 1 fully saturated rings. The normalized spacial score (nSPS) is 14.4. The highest BCUT2D eigenvalue weighted by Gasteiger charge is 2.27. The molecule has 1 saturated carbocycles. The summed E-state index contributed by atoms with van der Waals surface area (Å²) < 4.78 is 0.838. The first-order valence-corrected chi connectivity index (χ1v) is 7.20. The largest absolute Gasteiger partial charge is 0.364 e. The molecular weight excluding hydrogens is 304 g/mol. The van der Waals surface area contributed by atoms with Gasteiger partial charge in [0.05, 0.1) is 12.2 Å². The van der Waals surface area contributed by atoms with Gasteiger partial charge in [0, 0.05) is 18.2 Å². The Morgan fingerprint density at radius 1 is 1.37 bits per heavy atom. The lowest BCUT2D eigenvalue weighted by Crippen LogP contribution is -2.06. The third-order valence-corrected chi connectivity index (χ3v) is 3.62. The minimum absolute atomic E-state index is 0.551. The molecule has 1 aliphatic carbocycles. The number of aromatic nitrogens is 3. The lowest BCUT2D eigenvalue weighted by Gasteiger charge is -2.08. The van der Waals surface area contributed by atoms with E-state index in [0.29, 0.717) is 12.5 Å². The summed E-state index contributed by atoms with van der Waals surface area (Å²) in [6.07, 6.45) is 4.22. The van der Waals surface area contributed by atoms with Gasteiger partial charge < -0.3 is 5.32 Å². The van der Waals surface area contributed by atoms with Crippen molar-refractivity contribution in [3.8, 4) is 0 Å². The third kappa shape index (κ3) is 3.10. The Kier molecular flexibility index (Phi) is 3.46. The Balaban J connectivity index is 1.74. The van der Waals surface area contributed by atoms with Crippen molar-refractivity contribution in [2.75, 3.05) is 5.32 Å². The Bertz CT molecular complexity index is 596. The smallest absolute Gasteiger partial charge is 0.135 e. The molecule has 2 heterocycles.